The standard InChI is InChI=1S/C14H25NO5/c1-9(2)8-10(13(19)20-14(3,4)5)15-11(16)6-7-12(17)18/h9-10H,6-8H2,1-5H3,(H,15,16)(H,17,18)/t10-/m1/s1. The molecule has 0 radical (unpaired) electrons. The molecule has 0 aromatic heterocycles. The first-order valence-corrected chi connectivity index (χ1v) is 6.75. The Bertz CT molecular complexity index is 357. The zero-order valence-electron chi connectivity index (χ0n) is 12.9. The predicted octanol–water partition coefficient (Wildman–Crippen LogP) is 1.72. The van der Waals surface area contributed by atoms with Gasteiger partial charge in [-0.3, -0.25) is 9.59 Å². The zero-order chi connectivity index (χ0) is 15.9. The second-order valence-corrected chi connectivity index (χ2v) is 6.18. The van der Waals surface area contributed by atoms with E-state index >= 15 is 0 Å². The molecule has 0 saturated heterocycles. The predicted molar refractivity (Wildman–Crippen MR) is 74.1 cm³/mol. The van der Waals surface area contributed by atoms with Crippen molar-refractivity contribution in [2.24, 2.45) is 5.92 Å². The highest BCUT2D eigenvalue weighted by Gasteiger charge is 2.27. The Morgan fingerprint density at radius 2 is 1.70 bits per heavy atom. The first-order valence-electron chi connectivity index (χ1n) is 6.75. The van der Waals surface area contributed by atoms with E-state index in [2.05, 4.69) is 5.32 Å². The summed E-state index contributed by atoms with van der Waals surface area (Å²) in [5.74, 6) is -1.79. The molecule has 20 heavy (non-hydrogen) atoms. The van der Waals surface area contributed by atoms with Gasteiger partial charge >= 0.3 is 11.9 Å². The maximum Gasteiger partial charge on any atom is 0.329 e. The van der Waals surface area contributed by atoms with E-state index in [0.717, 1.165) is 0 Å². The third-order valence-electron chi connectivity index (χ3n) is 2.30. The van der Waals surface area contributed by atoms with Gasteiger partial charge < -0.3 is 15.2 Å². The van der Waals surface area contributed by atoms with Crippen molar-refractivity contribution in [2.45, 2.75) is 65.5 Å². The van der Waals surface area contributed by atoms with Crippen LogP contribution < -0.4 is 5.32 Å². The Kier molecular flexibility index (Phi) is 7.24. The molecule has 0 aromatic rings. The van der Waals surface area contributed by atoms with E-state index in [1.807, 2.05) is 13.8 Å². The summed E-state index contributed by atoms with van der Waals surface area (Å²) in [6, 6.07) is -0.740. The van der Waals surface area contributed by atoms with E-state index < -0.39 is 29.5 Å². The molecule has 6 nitrogen and oxygen atoms in total. The molecule has 0 aliphatic rings. The van der Waals surface area contributed by atoms with E-state index in [1.54, 1.807) is 20.8 Å². The number of amides is 1. The molecule has 1 amide bonds. The number of ether oxygens (including phenoxy) is 1. The summed E-state index contributed by atoms with van der Waals surface area (Å²) in [6.45, 7) is 9.12. The lowest BCUT2D eigenvalue weighted by Crippen LogP contribution is -2.45. The van der Waals surface area contributed by atoms with Crippen LogP contribution in [-0.2, 0) is 19.1 Å². The van der Waals surface area contributed by atoms with Crippen molar-refractivity contribution in [1.29, 1.82) is 0 Å². The summed E-state index contributed by atoms with van der Waals surface area (Å²) in [4.78, 5) is 34.1. The van der Waals surface area contributed by atoms with Crippen LogP contribution in [0.1, 0.15) is 53.9 Å². The van der Waals surface area contributed by atoms with Crippen molar-refractivity contribution in [2.75, 3.05) is 0 Å². The molecule has 116 valence electrons. The molecule has 0 aliphatic carbocycles. The lowest BCUT2D eigenvalue weighted by Gasteiger charge is -2.25. The number of rotatable bonds is 7. The maximum absolute atomic E-state index is 12.0. The molecule has 0 fully saturated rings. The van der Waals surface area contributed by atoms with E-state index in [9.17, 15) is 14.4 Å². The van der Waals surface area contributed by atoms with Crippen molar-refractivity contribution >= 4 is 17.8 Å². The van der Waals surface area contributed by atoms with Crippen LogP contribution in [0.25, 0.3) is 0 Å². The third kappa shape index (κ3) is 9.35. The number of hydrogen-bond acceptors (Lipinski definition) is 4. The van der Waals surface area contributed by atoms with Crippen molar-refractivity contribution < 1.29 is 24.2 Å². The summed E-state index contributed by atoms with van der Waals surface area (Å²) in [5.41, 5.74) is -0.627. The van der Waals surface area contributed by atoms with E-state index in [0.29, 0.717) is 6.42 Å². The van der Waals surface area contributed by atoms with Gasteiger partial charge in [-0.1, -0.05) is 13.8 Å². The minimum Gasteiger partial charge on any atom is -0.481 e. The molecule has 0 unspecified atom stereocenters. The maximum atomic E-state index is 12.0. The minimum absolute atomic E-state index is 0.146. The van der Waals surface area contributed by atoms with Gasteiger partial charge in [0.25, 0.3) is 0 Å². The average molecular weight is 287 g/mol. The fourth-order valence-electron chi connectivity index (χ4n) is 1.55. The quantitative estimate of drug-likeness (QED) is 0.695. The molecule has 2 N–H and O–H groups in total. The van der Waals surface area contributed by atoms with Gasteiger partial charge in [0.2, 0.25) is 5.91 Å². The van der Waals surface area contributed by atoms with E-state index in [1.165, 1.54) is 0 Å². The van der Waals surface area contributed by atoms with Crippen LogP contribution in [0.3, 0.4) is 0 Å². The number of esters is 1. The molecule has 0 aromatic carbocycles. The number of carbonyl (C=O) groups excluding carboxylic acids is 2. The van der Waals surface area contributed by atoms with Gasteiger partial charge in [0.1, 0.15) is 11.6 Å². The topological polar surface area (TPSA) is 92.7 Å². The zero-order valence-corrected chi connectivity index (χ0v) is 12.9. The second-order valence-electron chi connectivity index (χ2n) is 6.18. The molecule has 1 atom stereocenters. The third-order valence-corrected chi connectivity index (χ3v) is 2.30. The number of hydrogen-bond donors (Lipinski definition) is 2. The first-order chi connectivity index (χ1) is 9.01. The van der Waals surface area contributed by atoms with Crippen molar-refractivity contribution in [1.82, 2.24) is 5.32 Å². The molecule has 0 bridgehead atoms. The Hall–Kier alpha value is -1.59. The van der Waals surface area contributed by atoms with E-state index in [-0.39, 0.29) is 18.8 Å². The SMILES string of the molecule is CC(C)C[C@@H](NC(=O)CCC(=O)O)C(=O)OC(C)(C)C. The van der Waals surface area contributed by atoms with Gasteiger partial charge in [0.15, 0.2) is 0 Å². The number of carboxylic acids is 1. The molecule has 0 spiro atoms. The molecular weight excluding hydrogens is 262 g/mol. The second kappa shape index (κ2) is 7.87. The number of carboxylic acid groups (broad SMARTS) is 1. The summed E-state index contributed by atoms with van der Waals surface area (Å²) in [6.07, 6.45) is 0.0506. The fraction of sp³-hybridized carbons (Fsp3) is 0.786. The van der Waals surface area contributed by atoms with Gasteiger partial charge in [-0.05, 0) is 33.1 Å². The Labute approximate surface area is 119 Å². The lowest BCUT2D eigenvalue weighted by molar-refractivity contribution is -0.159. The monoisotopic (exact) mass is 287 g/mol. The van der Waals surface area contributed by atoms with Crippen molar-refractivity contribution in [3.8, 4) is 0 Å². The van der Waals surface area contributed by atoms with Crippen LogP contribution in [0.2, 0.25) is 0 Å². The van der Waals surface area contributed by atoms with Gasteiger partial charge in [-0.2, -0.15) is 0 Å². The number of nitrogens with one attached hydrogen (secondary N) is 1. The molecule has 0 heterocycles. The highest BCUT2D eigenvalue weighted by Crippen LogP contribution is 2.13. The normalized spacial score (nSPS) is 12.9. The van der Waals surface area contributed by atoms with Crippen LogP contribution in [-0.4, -0.2) is 34.6 Å². The highest BCUT2D eigenvalue weighted by molar-refractivity contribution is 5.86. The van der Waals surface area contributed by atoms with Gasteiger partial charge in [0.05, 0.1) is 6.42 Å². The van der Waals surface area contributed by atoms with Crippen LogP contribution >= 0.6 is 0 Å². The largest absolute Gasteiger partial charge is 0.481 e. The van der Waals surface area contributed by atoms with Gasteiger partial charge in [0, 0.05) is 6.42 Å². The first kappa shape index (κ1) is 18.4. The van der Waals surface area contributed by atoms with Gasteiger partial charge in [-0.25, -0.2) is 4.79 Å². The Morgan fingerprint density at radius 1 is 1.15 bits per heavy atom. The number of aliphatic carboxylic acids is 1. The summed E-state index contributed by atoms with van der Waals surface area (Å²) < 4.78 is 5.26. The van der Waals surface area contributed by atoms with Crippen molar-refractivity contribution in [3.63, 3.8) is 0 Å². The van der Waals surface area contributed by atoms with Gasteiger partial charge in [-0.15, -0.1) is 0 Å². The van der Waals surface area contributed by atoms with Crippen LogP contribution in [0.5, 0.6) is 0 Å². The van der Waals surface area contributed by atoms with Crippen LogP contribution in [0.15, 0.2) is 0 Å². The summed E-state index contributed by atoms with van der Waals surface area (Å²) in [7, 11) is 0. The molecule has 0 rings (SSSR count). The molecular formula is C14H25NO5. The Morgan fingerprint density at radius 3 is 2.10 bits per heavy atom. The molecule has 0 saturated carbocycles. The average Bonchev–Trinajstić information content (AvgIpc) is 2.22. The number of carbonyl (C=O) groups is 3. The highest BCUT2D eigenvalue weighted by atomic mass is 16.6. The van der Waals surface area contributed by atoms with E-state index in [4.69, 9.17) is 9.84 Å². The fourth-order valence-corrected chi connectivity index (χ4v) is 1.55. The smallest absolute Gasteiger partial charge is 0.329 e. The van der Waals surface area contributed by atoms with Crippen LogP contribution in [0.4, 0.5) is 0 Å². The van der Waals surface area contributed by atoms with Crippen molar-refractivity contribution in [3.05, 3.63) is 0 Å². The van der Waals surface area contributed by atoms with Crippen LogP contribution in [0, 0.1) is 5.92 Å². The minimum atomic E-state index is -1.04. The summed E-state index contributed by atoms with van der Waals surface area (Å²) in [5, 5.41) is 11.1. The molecule has 6 heteroatoms. The lowest BCUT2D eigenvalue weighted by atomic mass is 10.0. The summed E-state index contributed by atoms with van der Waals surface area (Å²) >= 11 is 0. The Balaban J connectivity index is 4.59. The molecule has 0 aliphatic heterocycles.